The molecule has 7 rings (SSSR count). The second-order valence-corrected chi connectivity index (χ2v) is 14.4. The van der Waals surface area contributed by atoms with E-state index in [1.807, 2.05) is 24.3 Å². The predicted molar refractivity (Wildman–Crippen MR) is 244 cm³/mol. The number of benzene rings is 4. The average Bonchev–Trinajstić information content (AvgIpc) is 3.69. The molecule has 2 N–H and O–H groups in total. The maximum absolute atomic E-state index is 12.8. The zero-order valence-electron chi connectivity index (χ0n) is 40.1. The summed E-state index contributed by atoms with van der Waals surface area (Å²) in [5, 5.41) is 35.9. The number of imide groups is 1. The summed E-state index contributed by atoms with van der Waals surface area (Å²) in [4.78, 5) is 63.5. The zero-order chi connectivity index (χ0) is 53.2. The highest BCUT2D eigenvalue weighted by Crippen LogP contribution is 2.18. The molecule has 71 heavy (non-hydrogen) atoms. The summed E-state index contributed by atoms with van der Waals surface area (Å²) >= 11 is 0. The van der Waals surface area contributed by atoms with E-state index in [2.05, 4.69) is 76.6 Å². The minimum Gasteiger partial charge on any atom is -0.348 e. The number of nitrogens with zero attached hydrogens (tertiary/aromatic N) is 10. The van der Waals surface area contributed by atoms with E-state index < -0.39 is 42.8 Å². The fraction of sp³-hybridized carbons (Fsp3) is 0.298. The minimum atomic E-state index is -4.88. The molecular formula is C47H50F6N12O6. The minimum absolute atomic E-state index is 0.0372. The van der Waals surface area contributed by atoms with Gasteiger partial charge in [-0.1, -0.05) is 69.3 Å². The van der Waals surface area contributed by atoms with Gasteiger partial charge in [0.2, 0.25) is 11.6 Å². The Bertz CT molecular complexity index is 2610. The quantitative estimate of drug-likeness (QED) is 0.0959. The van der Waals surface area contributed by atoms with E-state index in [4.69, 9.17) is 1.37 Å². The van der Waals surface area contributed by atoms with Crippen LogP contribution in [0.25, 0.3) is 22.8 Å². The summed E-state index contributed by atoms with van der Waals surface area (Å²) in [5.74, 6) is -3.35. The molecule has 0 aliphatic carbocycles. The number of hydroxylamine groups is 2. The maximum atomic E-state index is 12.8. The van der Waals surface area contributed by atoms with Crippen molar-refractivity contribution in [2.24, 2.45) is 0 Å². The van der Waals surface area contributed by atoms with Gasteiger partial charge in [0.15, 0.2) is 11.6 Å². The van der Waals surface area contributed by atoms with Crippen LogP contribution in [0.3, 0.4) is 0 Å². The predicted octanol–water partition coefficient (Wildman–Crippen LogP) is 6.71. The molecule has 0 unspecified atom stereocenters. The molecule has 18 nitrogen and oxygen atoms in total. The maximum Gasteiger partial charge on any atom is 0.471 e. The highest BCUT2D eigenvalue weighted by Gasteiger charge is 2.38. The second-order valence-electron chi connectivity index (χ2n) is 14.4. The van der Waals surface area contributed by atoms with Crippen LogP contribution in [0.1, 0.15) is 78.5 Å². The van der Waals surface area contributed by atoms with E-state index in [-0.39, 0.29) is 36.7 Å². The number of halogens is 6. The molecule has 1 saturated heterocycles. The van der Waals surface area contributed by atoms with Crippen LogP contribution >= 0.6 is 0 Å². The lowest BCUT2D eigenvalue weighted by Crippen LogP contribution is -2.36. The van der Waals surface area contributed by atoms with Crippen molar-refractivity contribution < 1.29 is 56.5 Å². The van der Waals surface area contributed by atoms with Crippen LogP contribution in [0.5, 0.6) is 0 Å². The number of nitrogens with one attached hydrogen (secondary N) is 2. The Balaban J connectivity index is 0.000000263. The van der Waals surface area contributed by atoms with Gasteiger partial charge in [0.1, 0.15) is 11.6 Å². The number of hydrogen-bond donors (Lipinski definition) is 2. The third-order valence-electron chi connectivity index (χ3n) is 9.45. The number of rotatable bonds is 12. The van der Waals surface area contributed by atoms with E-state index in [1.165, 1.54) is 56.0 Å². The number of hydrogen-bond acceptors (Lipinski definition) is 15. The molecule has 3 heterocycles. The largest absolute Gasteiger partial charge is 0.471 e. The molecule has 4 amide bonds. The molecule has 0 atom stereocenters. The van der Waals surface area contributed by atoms with Gasteiger partial charge >= 0.3 is 18.1 Å². The molecule has 4 aromatic carbocycles. The fourth-order valence-electron chi connectivity index (χ4n) is 5.55. The first-order valence-corrected chi connectivity index (χ1v) is 21.4. The Morgan fingerprint density at radius 3 is 1.34 bits per heavy atom. The van der Waals surface area contributed by atoms with Gasteiger partial charge in [0, 0.05) is 42.6 Å². The van der Waals surface area contributed by atoms with Crippen molar-refractivity contribution >= 4 is 29.6 Å². The van der Waals surface area contributed by atoms with Crippen LogP contribution in [-0.4, -0.2) is 113 Å². The summed E-state index contributed by atoms with van der Waals surface area (Å²) in [6.45, 7) is 13.6. The molecule has 6 aromatic rings. The number of amides is 4. The van der Waals surface area contributed by atoms with Crippen LogP contribution in [0.15, 0.2) is 97.1 Å². The van der Waals surface area contributed by atoms with Gasteiger partial charge in [-0.2, -0.15) is 13.2 Å². The summed E-state index contributed by atoms with van der Waals surface area (Å²) in [7, 11) is -1.00. The van der Waals surface area contributed by atoms with E-state index >= 15 is 0 Å². The summed E-state index contributed by atoms with van der Waals surface area (Å²) in [6, 6.07) is 23.8. The summed E-state index contributed by atoms with van der Waals surface area (Å²) < 4.78 is 77.0. The standard InChI is InChI=1S/C17H14FN5O.C12H10F3N5O.C11H8FNO4.C6H15N.CH3F/c1-11-20-22-16(23-21-11)13-4-2-12(3-5-13)10-19-17(24)14-6-8-15(18)9-7-14;1-7-17-19-10(20-18-7)9-4-2-8(3-5-9)6-16-11(21)12(13,14)15;12-8-3-1-7(2-4-8)11(16)17-13-9(14)5-6-10(13)15;1-4-7(5-2)6-3;1-2/h2-9H,10H2,1H3,(H,19,24);2-5H,6H2,1H3,(H,16,21);1-4H,5-6H2;4-6H2,1-3H3;1H3/i;;;;1D. The molecule has 0 saturated carbocycles. The molecule has 1 fully saturated rings. The number of alkyl halides is 4. The monoisotopic (exact) mass is 993 g/mol. The molecule has 0 radical (unpaired) electrons. The lowest BCUT2D eigenvalue weighted by molar-refractivity contribution is -0.173. The molecular weight excluding hydrogens is 943 g/mol. The van der Waals surface area contributed by atoms with Crippen LogP contribution < -0.4 is 10.6 Å². The van der Waals surface area contributed by atoms with Crippen molar-refractivity contribution in [1.29, 1.82) is 0 Å². The lowest BCUT2D eigenvalue weighted by Gasteiger charge is -2.13. The van der Waals surface area contributed by atoms with E-state index in [0.717, 1.165) is 23.3 Å². The first kappa shape index (κ1) is 55.4. The van der Waals surface area contributed by atoms with E-state index in [9.17, 15) is 50.3 Å². The highest BCUT2D eigenvalue weighted by molar-refractivity contribution is 6.02. The van der Waals surface area contributed by atoms with Crippen LogP contribution in [0.4, 0.5) is 26.3 Å². The zero-order valence-corrected chi connectivity index (χ0v) is 39.1. The molecule has 1 aliphatic rings. The first-order valence-electron chi connectivity index (χ1n) is 22.1. The molecule has 1 aliphatic heterocycles. The van der Waals surface area contributed by atoms with Gasteiger partial charge in [-0.15, -0.1) is 45.9 Å². The lowest BCUT2D eigenvalue weighted by atomic mass is 10.1. The molecule has 24 heteroatoms. The van der Waals surface area contributed by atoms with Crippen molar-refractivity contribution in [3.63, 3.8) is 0 Å². The Morgan fingerprint density at radius 1 is 0.620 bits per heavy atom. The van der Waals surface area contributed by atoms with Gasteiger partial charge in [-0.25, -0.2) is 13.6 Å². The number of aromatic nitrogens is 8. The number of aryl methyl sites for hydroxylation is 2. The van der Waals surface area contributed by atoms with Gasteiger partial charge in [0.25, 0.3) is 17.7 Å². The average molecular weight is 994 g/mol. The Labute approximate surface area is 405 Å². The topological polar surface area (TPSA) is 228 Å². The number of carbonyl (C=O) groups is 5. The second kappa shape index (κ2) is 29.0. The highest BCUT2D eigenvalue weighted by atomic mass is 19.4. The number of carbonyl (C=O) groups excluding carboxylic acids is 5. The third-order valence-corrected chi connectivity index (χ3v) is 9.45. The van der Waals surface area contributed by atoms with Gasteiger partial charge in [-0.05, 0) is 93.1 Å². The fourth-order valence-corrected chi connectivity index (χ4v) is 5.55. The van der Waals surface area contributed by atoms with Crippen LogP contribution in [-0.2, 0) is 32.3 Å². The molecule has 376 valence electrons. The van der Waals surface area contributed by atoms with Crippen molar-refractivity contribution in [3.8, 4) is 22.8 Å². The van der Waals surface area contributed by atoms with Crippen molar-refractivity contribution in [2.75, 3.05) is 26.8 Å². The third kappa shape index (κ3) is 19.4. The van der Waals surface area contributed by atoms with Crippen LogP contribution in [0.2, 0.25) is 0 Å². The van der Waals surface area contributed by atoms with E-state index in [0.29, 0.717) is 51.6 Å². The Kier molecular flexibility index (Phi) is 22.7. The van der Waals surface area contributed by atoms with Crippen LogP contribution in [0, 0.1) is 25.5 Å². The van der Waals surface area contributed by atoms with Crippen molar-refractivity contribution in [3.05, 3.63) is 143 Å². The van der Waals surface area contributed by atoms with Gasteiger partial charge < -0.3 is 20.4 Å². The molecule has 0 bridgehead atoms. The normalized spacial score (nSPS) is 11.8. The van der Waals surface area contributed by atoms with Gasteiger partial charge in [0.05, 0.1) is 14.1 Å². The van der Waals surface area contributed by atoms with Gasteiger partial charge in [-0.3, -0.25) is 23.6 Å². The molecule has 0 spiro atoms. The smallest absolute Gasteiger partial charge is 0.348 e. The van der Waals surface area contributed by atoms with Crippen molar-refractivity contribution in [1.82, 2.24) is 61.4 Å². The van der Waals surface area contributed by atoms with Crippen molar-refractivity contribution in [2.45, 2.75) is 66.7 Å². The summed E-state index contributed by atoms with van der Waals surface area (Å²) in [5.41, 5.74) is 3.34. The SMILES string of the molecule is CCN(CC)CC.Cc1nnc(-c2ccc(CNC(=O)C(F)(F)F)cc2)nn1.Cc1nnc(-c2ccc(CNC(=O)c3ccc(F)cc3)cc2)nn1.O=C(ON1C(=O)CCC1=O)c1ccc(F)cc1.[2H]CF. The summed E-state index contributed by atoms with van der Waals surface area (Å²) in [6.07, 6.45) is -4.81. The Hall–Kier alpha value is -8.15. The van der Waals surface area contributed by atoms with E-state index in [1.54, 1.807) is 43.4 Å². The Morgan fingerprint density at radius 2 is 0.986 bits per heavy atom. The first-order chi connectivity index (χ1) is 34.3. The molecule has 2 aromatic heterocycles.